The number of hydrogen-bond donors (Lipinski definition) is 3. The van der Waals surface area contributed by atoms with Crippen molar-refractivity contribution in [2.75, 3.05) is 17.8 Å². The predicted octanol–water partition coefficient (Wildman–Crippen LogP) is 5.16. The molecule has 1 unspecified atom stereocenters. The lowest BCUT2D eigenvalue weighted by molar-refractivity contribution is 0.175. The molecule has 0 saturated heterocycles. The van der Waals surface area contributed by atoms with Crippen molar-refractivity contribution in [3.05, 3.63) is 107 Å². The van der Waals surface area contributed by atoms with Crippen molar-refractivity contribution in [1.29, 1.82) is 0 Å². The van der Waals surface area contributed by atoms with Crippen LogP contribution in [0.2, 0.25) is 5.02 Å². The molecule has 7 heteroatoms. The maximum Gasteiger partial charge on any atom is 0.261 e. The van der Waals surface area contributed by atoms with Gasteiger partial charge in [-0.15, -0.1) is 0 Å². The van der Waals surface area contributed by atoms with Gasteiger partial charge in [0.25, 0.3) is 10.0 Å². The molecule has 0 aliphatic rings. The van der Waals surface area contributed by atoms with Gasteiger partial charge in [0.15, 0.2) is 0 Å². The lowest BCUT2D eigenvalue weighted by Crippen LogP contribution is -2.23. The number of anilines is 1. The van der Waals surface area contributed by atoms with E-state index in [1.807, 2.05) is 54.6 Å². The molecule has 0 radical (unpaired) electrons. The Labute approximate surface area is 199 Å². The highest BCUT2D eigenvalue weighted by atomic mass is 35.5. The van der Waals surface area contributed by atoms with Gasteiger partial charge >= 0.3 is 0 Å². The van der Waals surface area contributed by atoms with E-state index in [0.29, 0.717) is 23.8 Å². The summed E-state index contributed by atoms with van der Waals surface area (Å²) in [6.45, 7) is 1.10. The summed E-state index contributed by atoms with van der Waals surface area (Å²) >= 11 is 5.97. The molecule has 4 aromatic carbocycles. The van der Waals surface area contributed by atoms with Crippen LogP contribution in [0.15, 0.2) is 95.9 Å². The number of nitrogens with one attached hydrogen (secondary N) is 2. The third kappa shape index (κ3) is 6.12. The van der Waals surface area contributed by atoms with Gasteiger partial charge in [-0.3, -0.25) is 4.72 Å². The first-order chi connectivity index (χ1) is 15.9. The van der Waals surface area contributed by atoms with Gasteiger partial charge in [0.2, 0.25) is 0 Å². The number of fused-ring (bicyclic) bond motifs is 1. The maximum atomic E-state index is 12.8. The van der Waals surface area contributed by atoms with Crippen molar-refractivity contribution >= 4 is 38.1 Å². The summed E-state index contributed by atoms with van der Waals surface area (Å²) in [6, 6.07) is 27.3. The van der Waals surface area contributed by atoms with E-state index in [1.54, 1.807) is 36.4 Å². The highest BCUT2D eigenvalue weighted by Crippen LogP contribution is 2.22. The lowest BCUT2D eigenvalue weighted by atomic mass is 10.1. The Hall–Kier alpha value is -2.90. The molecule has 0 spiro atoms. The van der Waals surface area contributed by atoms with Crippen LogP contribution in [0.5, 0.6) is 0 Å². The van der Waals surface area contributed by atoms with E-state index in [1.165, 1.54) is 0 Å². The predicted molar refractivity (Wildman–Crippen MR) is 134 cm³/mol. The molecule has 3 N–H and O–H groups in total. The molecule has 0 aromatic heterocycles. The Morgan fingerprint density at radius 1 is 0.848 bits per heavy atom. The van der Waals surface area contributed by atoms with E-state index in [-0.39, 0.29) is 4.90 Å². The van der Waals surface area contributed by atoms with E-state index < -0.39 is 16.1 Å². The number of sulfonamides is 1. The average Bonchev–Trinajstić information content (AvgIpc) is 2.82. The summed E-state index contributed by atoms with van der Waals surface area (Å²) in [5, 5.41) is 16.0. The molecule has 5 nitrogen and oxygen atoms in total. The van der Waals surface area contributed by atoms with Gasteiger partial charge in [-0.05, 0) is 71.3 Å². The van der Waals surface area contributed by atoms with Crippen LogP contribution in [0.4, 0.5) is 5.69 Å². The van der Waals surface area contributed by atoms with Gasteiger partial charge in [0, 0.05) is 17.3 Å². The zero-order chi connectivity index (χ0) is 23.3. The number of benzene rings is 4. The number of hydrogen-bond acceptors (Lipinski definition) is 4. The number of halogens is 1. The largest absolute Gasteiger partial charge is 0.387 e. The highest BCUT2D eigenvalue weighted by Gasteiger charge is 2.14. The molecule has 33 heavy (non-hydrogen) atoms. The number of aliphatic hydroxyl groups is 1. The third-order valence-electron chi connectivity index (χ3n) is 5.40. The average molecular weight is 481 g/mol. The summed E-state index contributed by atoms with van der Waals surface area (Å²) < 4.78 is 28.2. The maximum absolute atomic E-state index is 12.8. The summed E-state index contributed by atoms with van der Waals surface area (Å²) in [6.07, 6.45) is 0.121. The molecule has 1 atom stereocenters. The SMILES string of the molecule is O=S(=O)(Nc1ccc(CCNCC(O)c2cccc(Cl)c2)cc1)c1ccc2ccccc2c1. The van der Waals surface area contributed by atoms with Crippen LogP contribution in [0.1, 0.15) is 17.2 Å². The fourth-order valence-electron chi connectivity index (χ4n) is 3.59. The molecule has 0 saturated carbocycles. The molecular formula is C26H25ClN2O3S. The van der Waals surface area contributed by atoms with Crippen LogP contribution >= 0.6 is 11.6 Å². The van der Waals surface area contributed by atoms with Gasteiger partial charge in [0.1, 0.15) is 0 Å². The second-order valence-corrected chi connectivity index (χ2v) is 9.96. The van der Waals surface area contributed by atoms with Crippen molar-refractivity contribution in [2.45, 2.75) is 17.4 Å². The normalized spacial score (nSPS) is 12.5. The second kappa shape index (κ2) is 10.4. The smallest absolute Gasteiger partial charge is 0.261 e. The first kappa shape index (κ1) is 23.3. The van der Waals surface area contributed by atoms with E-state index in [4.69, 9.17) is 11.6 Å². The molecule has 0 fully saturated rings. The van der Waals surface area contributed by atoms with E-state index >= 15 is 0 Å². The van der Waals surface area contributed by atoms with Gasteiger partial charge in [-0.2, -0.15) is 0 Å². The summed E-state index contributed by atoms with van der Waals surface area (Å²) in [7, 11) is -3.68. The van der Waals surface area contributed by atoms with E-state index in [0.717, 1.165) is 28.3 Å². The van der Waals surface area contributed by atoms with Gasteiger partial charge < -0.3 is 10.4 Å². The van der Waals surface area contributed by atoms with Crippen LogP contribution in [0.25, 0.3) is 10.8 Å². The number of rotatable bonds is 9. The first-order valence-corrected chi connectivity index (χ1v) is 12.5. The lowest BCUT2D eigenvalue weighted by Gasteiger charge is -2.13. The molecule has 0 heterocycles. The van der Waals surface area contributed by atoms with Gasteiger partial charge in [-0.25, -0.2) is 8.42 Å². The molecule has 0 bridgehead atoms. The standard InChI is InChI=1S/C26H25ClN2O3S/c27-23-7-3-6-22(16-23)26(30)18-28-15-14-19-8-11-24(12-9-19)29-33(31,32)25-13-10-20-4-1-2-5-21(20)17-25/h1-13,16-17,26,28-30H,14-15,18H2. The van der Waals surface area contributed by atoms with Gasteiger partial charge in [0.05, 0.1) is 11.0 Å². The van der Waals surface area contributed by atoms with Gasteiger partial charge in [-0.1, -0.05) is 66.2 Å². The summed E-state index contributed by atoms with van der Waals surface area (Å²) in [4.78, 5) is 0.229. The van der Waals surface area contributed by atoms with Crippen molar-refractivity contribution < 1.29 is 13.5 Å². The summed E-state index contributed by atoms with van der Waals surface area (Å²) in [5.74, 6) is 0. The fraction of sp³-hybridized carbons (Fsp3) is 0.154. The molecule has 0 aliphatic heterocycles. The van der Waals surface area contributed by atoms with Crippen LogP contribution < -0.4 is 10.0 Å². The van der Waals surface area contributed by atoms with Crippen molar-refractivity contribution in [2.24, 2.45) is 0 Å². The van der Waals surface area contributed by atoms with Crippen molar-refractivity contribution in [1.82, 2.24) is 5.32 Å². The van der Waals surface area contributed by atoms with Crippen molar-refractivity contribution in [3.63, 3.8) is 0 Å². The Bertz CT molecular complexity index is 1340. The van der Waals surface area contributed by atoms with Crippen LogP contribution in [-0.2, 0) is 16.4 Å². The van der Waals surface area contributed by atoms with Crippen molar-refractivity contribution in [3.8, 4) is 0 Å². The molecule has 4 rings (SSSR count). The topological polar surface area (TPSA) is 78.4 Å². The monoisotopic (exact) mass is 480 g/mol. The Balaban J connectivity index is 1.30. The Morgan fingerprint density at radius 2 is 1.61 bits per heavy atom. The number of aliphatic hydroxyl groups excluding tert-OH is 1. The molecule has 4 aromatic rings. The molecule has 0 aliphatic carbocycles. The molecule has 170 valence electrons. The molecular weight excluding hydrogens is 456 g/mol. The Morgan fingerprint density at radius 3 is 2.36 bits per heavy atom. The zero-order valence-electron chi connectivity index (χ0n) is 17.9. The van der Waals surface area contributed by atoms with Crippen LogP contribution in [0, 0.1) is 0 Å². The first-order valence-electron chi connectivity index (χ1n) is 10.7. The quantitative estimate of drug-likeness (QED) is 0.289. The Kier molecular flexibility index (Phi) is 7.30. The molecule has 0 amide bonds. The van der Waals surface area contributed by atoms with Crippen LogP contribution in [-0.4, -0.2) is 26.6 Å². The fourth-order valence-corrected chi connectivity index (χ4v) is 4.88. The third-order valence-corrected chi connectivity index (χ3v) is 7.01. The van der Waals surface area contributed by atoms with E-state index in [2.05, 4.69) is 10.0 Å². The minimum Gasteiger partial charge on any atom is -0.387 e. The highest BCUT2D eigenvalue weighted by molar-refractivity contribution is 7.92. The second-order valence-electron chi connectivity index (χ2n) is 7.84. The minimum absolute atomic E-state index is 0.229. The zero-order valence-corrected chi connectivity index (χ0v) is 19.5. The van der Waals surface area contributed by atoms with Crippen LogP contribution in [0.3, 0.4) is 0 Å². The van der Waals surface area contributed by atoms with E-state index in [9.17, 15) is 13.5 Å². The summed E-state index contributed by atoms with van der Waals surface area (Å²) in [5.41, 5.74) is 2.35. The minimum atomic E-state index is -3.68.